The molecule has 114 valence electrons. The molecule has 1 aliphatic heterocycles. The third-order valence-corrected chi connectivity index (χ3v) is 3.28. The zero-order valence-electron chi connectivity index (χ0n) is 11.7. The molecule has 0 aromatic carbocycles. The predicted octanol–water partition coefficient (Wildman–Crippen LogP) is 3.71. The van der Waals surface area contributed by atoms with E-state index in [9.17, 15) is 9.59 Å². The molecule has 2 N–H and O–H groups in total. The third kappa shape index (κ3) is 9.46. The lowest BCUT2D eigenvalue weighted by molar-refractivity contribution is -0.133. The van der Waals surface area contributed by atoms with Crippen LogP contribution >= 0.6 is 22.7 Å². The molecule has 0 fully saturated rings. The number of amides is 1. The second-order valence-electron chi connectivity index (χ2n) is 3.64. The Balaban J connectivity index is 0.000000148. The summed E-state index contributed by atoms with van der Waals surface area (Å²) in [6.45, 7) is 0. The zero-order chi connectivity index (χ0) is 15.9. The van der Waals surface area contributed by atoms with Gasteiger partial charge in [-0.2, -0.15) is 22.7 Å². The number of carbonyl (C=O) groups is 2. The Kier molecular flexibility index (Phi) is 9.86. The molecule has 0 atom stereocenters. The van der Waals surface area contributed by atoms with Crippen LogP contribution in [0, 0.1) is 0 Å². The minimum atomic E-state index is -0.542. The Morgan fingerprint density at radius 1 is 0.727 bits per heavy atom. The highest BCUT2D eigenvalue weighted by Crippen LogP contribution is 1.92. The number of aromatic amines is 1. The van der Waals surface area contributed by atoms with Crippen molar-refractivity contribution in [3.05, 3.63) is 82.6 Å². The normalized spacial score (nSPS) is 11.1. The van der Waals surface area contributed by atoms with Gasteiger partial charge in [0.15, 0.2) is 0 Å². The highest BCUT2D eigenvalue weighted by Gasteiger charge is 2.12. The Hall–Kier alpha value is -2.44. The van der Waals surface area contributed by atoms with Crippen LogP contribution in [0.3, 0.4) is 0 Å². The van der Waals surface area contributed by atoms with E-state index in [-0.39, 0.29) is 0 Å². The van der Waals surface area contributed by atoms with Crippen molar-refractivity contribution in [1.82, 2.24) is 10.3 Å². The maximum absolute atomic E-state index is 10.1. The standard InChI is InChI=1S/C4H3NO2.C4H5N.2C4H4S/c6-3-1-2-5-4(3)7;3*1-2-4-5-3-1/h1-2H,(H,5,6,7);1-5H;2*1-4H. The minimum Gasteiger partial charge on any atom is -0.368 e. The maximum atomic E-state index is 10.1. The molecule has 0 aliphatic carbocycles. The Labute approximate surface area is 137 Å². The van der Waals surface area contributed by atoms with Crippen LogP contribution in [0.15, 0.2) is 82.6 Å². The van der Waals surface area contributed by atoms with Gasteiger partial charge in [0.05, 0.1) is 0 Å². The summed E-state index contributed by atoms with van der Waals surface area (Å²) in [6, 6.07) is 12.0. The number of hydrogen-bond donors (Lipinski definition) is 2. The molecule has 4 rings (SSSR count). The van der Waals surface area contributed by atoms with Crippen molar-refractivity contribution in [2.75, 3.05) is 0 Å². The number of rotatable bonds is 0. The monoisotopic (exact) mass is 332 g/mol. The maximum Gasteiger partial charge on any atom is 0.295 e. The lowest BCUT2D eigenvalue weighted by Gasteiger charge is -1.78. The van der Waals surface area contributed by atoms with Gasteiger partial charge in [-0.1, -0.05) is 24.3 Å². The molecule has 1 aliphatic rings. The topological polar surface area (TPSA) is 62.0 Å². The van der Waals surface area contributed by atoms with Crippen molar-refractivity contribution in [3.63, 3.8) is 0 Å². The molecular weight excluding hydrogens is 316 g/mol. The highest BCUT2D eigenvalue weighted by molar-refractivity contribution is 7.08. The summed E-state index contributed by atoms with van der Waals surface area (Å²) in [6.07, 6.45) is 6.27. The lowest BCUT2D eigenvalue weighted by atomic mass is 10.4. The first-order chi connectivity index (χ1) is 10.8. The fourth-order valence-corrected chi connectivity index (χ4v) is 1.98. The molecule has 1 amide bonds. The molecule has 0 spiro atoms. The average Bonchev–Trinajstić information content (AvgIpc) is 3.36. The molecule has 0 unspecified atom stereocenters. The average molecular weight is 332 g/mol. The van der Waals surface area contributed by atoms with Crippen LogP contribution < -0.4 is 5.32 Å². The summed E-state index contributed by atoms with van der Waals surface area (Å²) in [7, 11) is 0. The van der Waals surface area contributed by atoms with E-state index in [0.717, 1.165) is 0 Å². The number of thiophene rings is 2. The number of aromatic nitrogens is 1. The predicted molar refractivity (Wildman–Crippen MR) is 91.7 cm³/mol. The van der Waals surface area contributed by atoms with Crippen molar-refractivity contribution >= 4 is 34.4 Å². The third-order valence-electron chi connectivity index (χ3n) is 2.02. The molecule has 0 radical (unpaired) electrons. The summed E-state index contributed by atoms with van der Waals surface area (Å²) in [5.74, 6) is -1.01. The first-order valence-corrected chi connectivity index (χ1v) is 8.22. The highest BCUT2D eigenvalue weighted by atomic mass is 32.1. The molecule has 22 heavy (non-hydrogen) atoms. The lowest BCUT2D eigenvalue weighted by Crippen LogP contribution is -2.17. The van der Waals surface area contributed by atoms with Gasteiger partial charge in [0.1, 0.15) is 0 Å². The molecule has 3 aromatic rings. The molecule has 3 aromatic heterocycles. The summed E-state index contributed by atoms with van der Waals surface area (Å²) < 4.78 is 0. The van der Waals surface area contributed by atoms with Gasteiger partial charge >= 0.3 is 0 Å². The number of carbonyl (C=O) groups excluding carboxylic acids is 2. The van der Waals surface area contributed by atoms with Crippen LogP contribution in [0.4, 0.5) is 0 Å². The SMILES string of the molecule is O=C1C=CNC1=O.c1cc[nH]c1.c1ccsc1.c1ccsc1. The van der Waals surface area contributed by atoms with Gasteiger partial charge in [-0.3, -0.25) is 9.59 Å². The number of hydrogen-bond acceptors (Lipinski definition) is 4. The van der Waals surface area contributed by atoms with Crippen LogP contribution in [-0.4, -0.2) is 16.7 Å². The molecule has 4 nitrogen and oxygen atoms in total. The van der Waals surface area contributed by atoms with E-state index >= 15 is 0 Å². The molecule has 0 saturated heterocycles. The van der Waals surface area contributed by atoms with E-state index in [2.05, 4.69) is 10.3 Å². The van der Waals surface area contributed by atoms with Crippen molar-refractivity contribution in [3.8, 4) is 0 Å². The largest absolute Gasteiger partial charge is 0.368 e. The smallest absolute Gasteiger partial charge is 0.295 e. The van der Waals surface area contributed by atoms with Gasteiger partial charge in [0.25, 0.3) is 5.91 Å². The van der Waals surface area contributed by atoms with Crippen LogP contribution in [0.5, 0.6) is 0 Å². The van der Waals surface area contributed by atoms with E-state index in [1.807, 2.05) is 70.3 Å². The van der Waals surface area contributed by atoms with Crippen LogP contribution in [0.1, 0.15) is 0 Å². The first-order valence-electron chi connectivity index (χ1n) is 6.34. The van der Waals surface area contributed by atoms with Crippen LogP contribution in [0.25, 0.3) is 0 Å². The first kappa shape index (κ1) is 17.6. The van der Waals surface area contributed by atoms with E-state index < -0.39 is 11.7 Å². The second kappa shape index (κ2) is 12.3. The van der Waals surface area contributed by atoms with E-state index in [4.69, 9.17) is 0 Å². The fourth-order valence-electron chi connectivity index (χ4n) is 1.07. The molecule has 0 bridgehead atoms. The zero-order valence-corrected chi connectivity index (χ0v) is 13.3. The van der Waals surface area contributed by atoms with Crippen molar-refractivity contribution in [1.29, 1.82) is 0 Å². The number of H-pyrrole nitrogens is 1. The van der Waals surface area contributed by atoms with E-state index in [0.29, 0.717) is 0 Å². The second-order valence-corrected chi connectivity index (χ2v) is 5.28. The van der Waals surface area contributed by atoms with Crippen molar-refractivity contribution in [2.45, 2.75) is 0 Å². The molecule has 0 saturated carbocycles. The molecule has 4 heterocycles. The van der Waals surface area contributed by atoms with Crippen LogP contribution in [-0.2, 0) is 9.59 Å². The van der Waals surface area contributed by atoms with Gasteiger partial charge in [0.2, 0.25) is 5.78 Å². The summed E-state index contributed by atoms with van der Waals surface area (Å²) in [5, 5.41) is 10.4. The van der Waals surface area contributed by atoms with Gasteiger partial charge in [-0.05, 0) is 33.7 Å². The van der Waals surface area contributed by atoms with Gasteiger partial charge < -0.3 is 10.3 Å². The minimum absolute atomic E-state index is 0.472. The number of nitrogens with one attached hydrogen (secondary N) is 2. The summed E-state index contributed by atoms with van der Waals surface area (Å²) in [5.41, 5.74) is 0. The van der Waals surface area contributed by atoms with Crippen molar-refractivity contribution < 1.29 is 9.59 Å². The van der Waals surface area contributed by atoms with E-state index in [1.165, 1.54) is 12.3 Å². The van der Waals surface area contributed by atoms with Gasteiger partial charge in [0, 0.05) is 24.7 Å². The Morgan fingerprint density at radius 2 is 1.23 bits per heavy atom. The van der Waals surface area contributed by atoms with Gasteiger partial charge in [-0.15, -0.1) is 0 Å². The van der Waals surface area contributed by atoms with Crippen molar-refractivity contribution in [2.24, 2.45) is 0 Å². The number of ketones is 1. The Bertz CT molecular complexity index is 501. The summed E-state index contributed by atoms with van der Waals surface area (Å²) >= 11 is 3.43. The summed E-state index contributed by atoms with van der Waals surface area (Å²) in [4.78, 5) is 23.0. The van der Waals surface area contributed by atoms with Gasteiger partial charge in [-0.25, -0.2) is 0 Å². The van der Waals surface area contributed by atoms with Crippen LogP contribution in [0.2, 0.25) is 0 Å². The molecular formula is C16H16N2O2S2. The Morgan fingerprint density at radius 3 is 1.36 bits per heavy atom. The van der Waals surface area contributed by atoms with E-state index in [1.54, 1.807) is 22.7 Å². The fraction of sp³-hybridized carbons (Fsp3) is 0. The molecule has 6 heteroatoms. The quantitative estimate of drug-likeness (QED) is 0.617.